The van der Waals surface area contributed by atoms with Gasteiger partial charge < -0.3 is 63.6 Å². The van der Waals surface area contributed by atoms with E-state index in [1.807, 2.05) is 31.2 Å². The number of amides is 8. The second-order valence-corrected chi connectivity index (χ2v) is 16.9. The molecule has 2 aromatic carbocycles. The predicted molar refractivity (Wildman–Crippen MR) is 257 cm³/mol. The minimum Gasteiger partial charge on any atom is -0.370 e. The molecule has 0 spiro atoms. The van der Waals surface area contributed by atoms with Gasteiger partial charge in [0.25, 0.3) is 0 Å². The van der Waals surface area contributed by atoms with Gasteiger partial charge in [0.05, 0.1) is 12.0 Å². The predicted octanol–water partition coefficient (Wildman–Crippen LogP) is -0.347. The summed E-state index contributed by atoms with van der Waals surface area (Å²) in [6.45, 7) is 6.27. The Bertz CT molecular complexity index is 2390. The zero-order chi connectivity index (χ0) is 50.6. The van der Waals surface area contributed by atoms with E-state index in [0.717, 1.165) is 27.8 Å². The van der Waals surface area contributed by atoms with Crippen LogP contribution in [-0.4, -0.2) is 129 Å². The number of nitrogens with two attached hydrogens (primary N) is 2. The summed E-state index contributed by atoms with van der Waals surface area (Å²) in [5.74, 6) is -5.73. The van der Waals surface area contributed by atoms with Crippen LogP contribution in [0.1, 0.15) is 76.6 Å². The Morgan fingerprint density at radius 2 is 1.30 bits per heavy atom. The van der Waals surface area contributed by atoms with Crippen LogP contribution in [0.4, 0.5) is 0 Å². The van der Waals surface area contributed by atoms with Gasteiger partial charge in [0.2, 0.25) is 47.3 Å². The monoisotopic (exact) mass is 955 g/mol. The molecule has 372 valence electrons. The third-order valence-electron chi connectivity index (χ3n) is 11.5. The second kappa shape index (κ2) is 26.5. The van der Waals surface area contributed by atoms with E-state index in [1.54, 1.807) is 36.5 Å². The molecule has 2 heterocycles. The molecule has 0 unspecified atom stereocenters. The van der Waals surface area contributed by atoms with Gasteiger partial charge in [0, 0.05) is 63.1 Å². The molecular weight excluding hydrogens is 889 g/mol. The second-order valence-electron chi connectivity index (χ2n) is 16.9. The number of carbonyl (C=O) groups excluding carboxylic acids is 8. The molecule has 0 bridgehead atoms. The SMILES string of the molecule is CCCC[C@H](NC(C)=O)C(=O)N[C@@H](C)C(=O)N[C@@H](Cc1c[nH]cn1)C(=O)N[C@H](Cc1ccccc1)C(=O)N[C@@H](CCCNC(=N)N)C(=O)N(C)[C@@H](C)C(=O)N[C@@H](Cc1c[nH]c2ccccc12)C(N)=O. The van der Waals surface area contributed by atoms with E-state index in [2.05, 4.69) is 52.2 Å². The molecule has 0 saturated heterocycles. The summed E-state index contributed by atoms with van der Waals surface area (Å²) in [5, 5.41) is 27.1. The lowest BCUT2D eigenvalue weighted by molar-refractivity contribution is -0.142. The number of fused-ring (bicyclic) bond motifs is 1. The van der Waals surface area contributed by atoms with E-state index >= 15 is 0 Å². The molecule has 0 aliphatic carbocycles. The first kappa shape index (κ1) is 53.8. The number of guanidine groups is 1. The standard InChI is InChI=1S/C47H66N14O8/c1-6-7-17-35(56-29(4)62)43(66)55-27(2)41(64)59-39(23-32-25-51-26-54-32)45(68)60-38(21-30-14-9-8-10-15-30)44(67)57-36(19-13-20-52-47(49)50)46(69)61(5)28(3)42(65)58-37(40(48)63)22-31-24-53-34-18-12-11-16-33(31)34/h8-12,14-16,18,24-28,35-39,53H,6-7,13,17,19-23H2,1-5H3,(H2,48,63)(H,51,54)(H,55,66)(H,56,62)(H,57,67)(H,58,65)(H,59,64)(H,60,68)(H4,49,50,52)/t27-,28-,35-,36-,37-,38+,39-/m0/s1. The van der Waals surface area contributed by atoms with Crippen molar-refractivity contribution >= 4 is 64.1 Å². The van der Waals surface area contributed by atoms with Gasteiger partial charge in [0.1, 0.15) is 42.3 Å². The number of H-pyrrole nitrogens is 2. The molecule has 0 radical (unpaired) electrons. The highest BCUT2D eigenvalue weighted by Gasteiger charge is 2.35. The number of para-hydroxylation sites is 1. The number of aromatic nitrogens is 3. The van der Waals surface area contributed by atoms with Gasteiger partial charge in [-0.1, -0.05) is 68.3 Å². The van der Waals surface area contributed by atoms with Crippen LogP contribution in [-0.2, 0) is 57.6 Å². The highest BCUT2D eigenvalue weighted by atomic mass is 16.2. The largest absolute Gasteiger partial charge is 0.370 e. The number of nitrogens with one attached hydrogen (secondary N) is 10. The molecular formula is C47H66N14O8. The molecule has 0 aliphatic heterocycles. The smallest absolute Gasteiger partial charge is 0.245 e. The molecule has 69 heavy (non-hydrogen) atoms. The van der Waals surface area contributed by atoms with Crippen LogP contribution >= 0.6 is 0 Å². The number of hydrogen-bond donors (Lipinski definition) is 12. The van der Waals surface area contributed by atoms with Crippen LogP contribution in [0.15, 0.2) is 73.3 Å². The number of benzene rings is 2. The van der Waals surface area contributed by atoms with Gasteiger partial charge in [-0.25, -0.2) is 4.98 Å². The Morgan fingerprint density at radius 3 is 1.94 bits per heavy atom. The summed E-state index contributed by atoms with van der Waals surface area (Å²) in [5.41, 5.74) is 13.8. The lowest BCUT2D eigenvalue weighted by Crippen LogP contribution is -2.60. The fourth-order valence-corrected chi connectivity index (χ4v) is 7.46. The van der Waals surface area contributed by atoms with E-state index in [0.29, 0.717) is 24.1 Å². The first-order valence-corrected chi connectivity index (χ1v) is 22.9. The van der Waals surface area contributed by atoms with E-state index in [4.69, 9.17) is 16.9 Å². The van der Waals surface area contributed by atoms with E-state index in [-0.39, 0.29) is 44.6 Å². The van der Waals surface area contributed by atoms with Crippen LogP contribution in [0.2, 0.25) is 0 Å². The zero-order valence-corrected chi connectivity index (χ0v) is 39.6. The molecule has 8 amide bonds. The zero-order valence-electron chi connectivity index (χ0n) is 39.6. The fraction of sp³-hybridized carbons (Fsp3) is 0.447. The van der Waals surface area contributed by atoms with Crippen LogP contribution in [0.25, 0.3) is 10.9 Å². The van der Waals surface area contributed by atoms with Gasteiger partial charge in [-0.2, -0.15) is 0 Å². The number of imidazole rings is 1. The number of carbonyl (C=O) groups is 8. The molecule has 7 atom stereocenters. The van der Waals surface area contributed by atoms with Crippen LogP contribution in [0, 0.1) is 5.41 Å². The molecule has 4 aromatic rings. The average molecular weight is 955 g/mol. The lowest BCUT2D eigenvalue weighted by atomic mass is 10.0. The van der Waals surface area contributed by atoms with Gasteiger partial charge in [0.15, 0.2) is 5.96 Å². The van der Waals surface area contributed by atoms with Crippen molar-refractivity contribution < 1.29 is 38.4 Å². The van der Waals surface area contributed by atoms with Gasteiger partial charge in [-0.3, -0.25) is 43.8 Å². The molecule has 4 rings (SSSR count). The molecule has 0 fully saturated rings. The maximum Gasteiger partial charge on any atom is 0.245 e. The van der Waals surface area contributed by atoms with Gasteiger partial charge in [-0.15, -0.1) is 0 Å². The Morgan fingerprint density at radius 1 is 0.696 bits per heavy atom. The lowest BCUT2D eigenvalue weighted by Gasteiger charge is -2.31. The number of unbranched alkanes of at least 4 members (excludes halogenated alkanes) is 1. The highest BCUT2D eigenvalue weighted by Crippen LogP contribution is 2.19. The minimum absolute atomic E-state index is 0.00268. The van der Waals surface area contributed by atoms with Crippen LogP contribution in [0.3, 0.4) is 0 Å². The maximum atomic E-state index is 14.5. The summed E-state index contributed by atoms with van der Waals surface area (Å²) >= 11 is 0. The van der Waals surface area contributed by atoms with Gasteiger partial charge >= 0.3 is 0 Å². The van der Waals surface area contributed by atoms with Crippen molar-refractivity contribution in [1.29, 1.82) is 5.41 Å². The number of nitrogens with zero attached hydrogens (tertiary/aromatic N) is 2. The summed E-state index contributed by atoms with van der Waals surface area (Å²) in [6, 6.07) is 7.97. The molecule has 22 heteroatoms. The first-order valence-electron chi connectivity index (χ1n) is 22.9. The fourth-order valence-electron chi connectivity index (χ4n) is 7.46. The first-order chi connectivity index (χ1) is 32.9. The average Bonchev–Trinajstić information content (AvgIpc) is 3.99. The van der Waals surface area contributed by atoms with Crippen molar-refractivity contribution in [2.75, 3.05) is 13.6 Å². The summed E-state index contributed by atoms with van der Waals surface area (Å²) in [6.07, 6.45) is 6.55. The Kier molecular flexibility index (Phi) is 20.7. The molecule has 0 aliphatic rings. The quantitative estimate of drug-likeness (QED) is 0.0208. The third kappa shape index (κ3) is 16.8. The topological polar surface area (TPSA) is 344 Å². The number of primary amides is 1. The highest BCUT2D eigenvalue weighted by molar-refractivity contribution is 5.97. The molecule has 0 saturated carbocycles. The van der Waals surface area contributed by atoms with E-state index < -0.39 is 89.6 Å². The summed E-state index contributed by atoms with van der Waals surface area (Å²) in [7, 11) is 1.37. The van der Waals surface area contributed by atoms with Crippen molar-refractivity contribution in [3.63, 3.8) is 0 Å². The number of rotatable bonds is 27. The van der Waals surface area contributed by atoms with Crippen LogP contribution in [0.5, 0.6) is 0 Å². The normalized spacial score (nSPS) is 14.0. The minimum atomic E-state index is -1.33. The van der Waals surface area contributed by atoms with Crippen molar-refractivity contribution in [3.05, 3.63) is 90.1 Å². The Balaban J connectivity index is 1.55. The van der Waals surface area contributed by atoms with E-state index in [9.17, 15) is 38.4 Å². The van der Waals surface area contributed by atoms with Crippen LogP contribution < -0.4 is 48.7 Å². The third-order valence-corrected chi connectivity index (χ3v) is 11.5. The van der Waals surface area contributed by atoms with Crippen molar-refractivity contribution in [3.8, 4) is 0 Å². The van der Waals surface area contributed by atoms with Crippen molar-refractivity contribution in [2.24, 2.45) is 11.5 Å². The summed E-state index contributed by atoms with van der Waals surface area (Å²) in [4.78, 5) is 119. The summed E-state index contributed by atoms with van der Waals surface area (Å²) < 4.78 is 0. The van der Waals surface area contributed by atoms with Gasteiger partial charge in [-0.05, 0) is 50.3 Å². The molecule has 2 aromatic heterocycles. The molecule has 14 N–H and O–H groups in total. The van der Waals surface area contributed by atoms with E-state index in [1.165, 1.54) is 40.3 Å². The number of likely N-dealkylation sites (N-methyl/N-ethyl adjacent to an activating group) is 1. The molecule has 22 nitrogen and oxygen atoms in total. The maximum absolute atomic E-state index is 14.5. The number of hydrogen-bond acceptors (Lipinski definition) is 10. The number of aromatic amines is 2. The van der Waals surface area contributed by atoms with Crippen molar-refractivity contribution in [1.82, 2.24) is 57.1 Å². The Labute approximate surface area is 400 Å². The Hall–Kier alpha value is -7.78. The van der Waals surface area contributed by atoms with Crippen molar-refractivity contribution in [2.45, 2.75) is 121 Å².